The highest BCUT2D eigenvalue weighted by Gasteiger charge is 2.22. The van der Waals surface area contributed by atoms with E-state index in [2.05, 4.69) is 10.1 Å². The quantitative estimate of drug-likeness (QED) is 0.758. The van der Waals surface area contributed by atoms with E-state index in [0.717, 1.165) is 5.56 Å². The summed E-state index contributed by atoms with van der Waals surface area (Å²) < 4.78 is 14.9. The molecule has 0 aliphatic heterocycles. The Hall–Kier alpha value is -2.57. The van der Waals surface area contributed by atoms with Gasteiger partial charge in [0.2, 0.25) is 0 Å². The lowest BCUT2D eigenvalue weighted by Gasteiger charge is -2.22. The molecule has 0 bridgehead atoms. The maximum Gasteiger partial charge on any atom is 0.408 e. The number of carbonyl (C=O) groups is 3. The van der Waals surface area contributed by atoms with Gasteiger partial charge in [-0.2, -0.15) is 0 Å². The molecule has 7 heteroatoms. The Morgan fingerprint density at radius 2 is 1.72 bits per heavy atom. The molecule has 0 radical (unpaired) electrons. The standard InChI is InChI=1S/C18H25NO6/c1-12(20)15(19-17(22)25-18(2,3)4)10-13-6-8-14(9-7-13)24-11-16(21)23-5/h6-9,15H,10-11H2,1-5H3,(H,19,22)/t15-/m0/s1. The van der Waals surface area contributed by atoms with Gasteiger partial charge in [-0.1, -0.05) is 12.1 Å². The van der Waals surface area contributed by atoms with Gasteiger partial charge in [0, 0.05) is 0 Å². The van der Waals surface area contributed by atoms with Crippen LogP contribution in [0, 0.1) is 0 Å². The van der Waals surface area contributed by atoms with Gasteiger partial charge in [0.25, 0.3) is 0 Å². The highest BCUT2D eigenvalue weighted by atomic mass is 16.6. The predicted molar refractivity (Wildman–Crippen MR) is 91.5 cm³/mol. The van der Waals surface area contributed by atoms with E-state index < -0.39 is 23.7 Å². The van der Waals surface area contributed by atoms with E-state index in [4.69, 9.17) is 9.47 Å². The van der Waals surface area contributed by atoms with Crippen LogP contribution in [-0.2, 0) is 25.5 Å². The summed E-state index contributed by atoms with van der Waals surface area (Å²) in [4.78, 5) is 34.7. The zero-order valence-corrected chi connectivity index (χ0v) is 15.3. The zero-order valence-electron chi connectivity index (χ0n) is 15.3. The first-order valence-corrected chi connectivity index (χ1v) is 7.89. The first-order valence-electron chi connectivity index (χ1n) is 7.89. The van der Waals surface area contributed by atoms with Crippen molar-refractivity contribution in [1.29, 1.82) is 0 Å². The maximum absolute atomic E-state index is 11.8. The Kier molecular flexibility index (Phi) is 7.42. The van der Waals surface area contributed by atoms with Crippen LogP contribution in [0.2, 0.25) is 0 Å². The molecular weight excluding hydrogens is 326 g/mol. The number of nitrogens with one attached hydrogen (secondary N) is 1. The Morgan fingerprint density at radius 3 is 2.20 bits per heavy atom. The molecule has 1 aromatic carbocycles. The van der Waals surface area contributed by atoms with Gasteiger partial charge >= 0.3 is 12.1 Å². The first-order chi connectivity index (χ1) is 11.6. The third kappa shape index (κ3) is 8.19. The molecule has 0 aliphatic rings. The summed E-state index contributed by atoms with van der Waals surface area (Å²) in [5.41, 5.74) is 0.200. The number of carbonyl (C=O) groups excluding carboxylic acids is 3. The van der Waals surface area contributed by atoms with Crippen molar-refractivity contribution >= 4 is 17.8 Å². The molecule has 138 valence electrons. The molecule has 0 fully saturated rings. The molecule has 0 saturated heterocycles. The van der Waals surface area contributed by atoms with E-state index in [1.54, 1.807) is 45.0 Å². The largest absolute Gasteiger partial charge is 0.482 e. The van der Waals surface area contributed by atoms with Crippen molar-refractivity contribution in [3.8, 4) is 5.75 Å². The summed E-state index contributed by atoms with van der Waals surface area (Å²) in [6.45, 7) is 6.50. The third-order valence-corrected chi connectivity index (χ3v) is 3.13. The lowest BCUT2D eigenvalue weighted by molar-refractivity contribution is -0.142. The second kappa shape index (κ2) is 9.05. The molecule has 1 atom stereocenters. The zero-order chi connectivity index (χ0) is 19.0. The summed E-state index contributed by atoms with van der Waals surface area (Å²) in [5.74, 6) is -0.132. The number of benzene rings is 1. The SMILES string of the molecule is COC(=O)COc1ccc(C[C@H](NC(=O)OC(C)(C)C)C(C)=O)cc1. The average Bonchev–Trinajstić information content (AvgIpc) is 2.51. The van der Waals surface area contributed by atoms with Gasteiger partial charge in [-0.25, -0.2) is 9.59 Å². The second-order valence-electron chi connectivity index (χ2n) is 6.52. The van der Waals surface area contributed by atoms with Crippen molar-refractivity contribution in [2.75, 3.05) is 13.7 Å². The van der Waals surface area contributed by atoms with Gasteiger partial charge in [-0.15, -0.1) is 0 Å². The number of Topliss-reactive ketones (excluding diaryl/α,β-unsaturated/α-hetero) is 1. The van der Waals surface area contributed by atoms with Crippen LogP contribution in [0.4, 0.5) is 4.79 Å². The number of ketones is 1. The lowest BCUT2D eigenvalue weighted by Crippen LogP contribution is -2.43. The minimum atomic E-state index is -0.684. The van der Waals surface area contributed by atoms with Crippen molar-refractivity contribution < 1.29 is 28.6 Å². The molecule has 0 aliphatic carbocycles. The van der Waals surface area contributed by atoms with E-state index in [0.29, 0.717) is 12.2 Å². The van der Waals surface area contributed by atoms with Crippen LogP contribution in [0.5, 0.6) is 5.75 Å². The minimum absolute atomic E-state index is 0.170. The Labute approximate surface area is 147 Å². The van der Waals surface area contributed by atoms with E-state index >= 15 is 0 Å². The third-order valence-electron chi connectivity index (χ3n) is 3.13. The molecule has 0 spiro atoms. The van der Waals surface area contributed by atoms with Crippen LogP contribution in [0.25, 0.3) is 0 Å². The highest BCUT2D eigenvalue weighted by Crippen LogP contribution is 2.14. The summed E-state index contributed by atoms with van der Waals surface area (Å²) in [6, 6.07) is 6.21. The van der Waals surface area contributed by atoms with Crippen molar-refractivity contribution in [2.45, 2.75) is 45.8 Å². The molecule has 1 amide bonds. The van der Waals surface area contributed by atoms with E-state index in [1.165, 1.54) is 14.0 Å². The number of hydrogen-bond donors (Lipinski definition) is 1. The lowest BCUT2D eigenvalue weighted by atomic mass is 10.0. The van der Waals surface area contributed by atoms with Crippen molar-refractivity contribution in [3.05, 3.63) is 29.8 Å². The fraction of sp³-hybridized carbons (Fsp3) is 0.500. The van der Waals surface area contributed by atoms with Gasteiger partial charge in [0.15, 0.2) is 12.4 Å². The van der Waals surface area contributed by atoms with Crippen molar-refractivity contribution in [3.63, 3.8) is 0 Å². The average molecular weight is 351 g/mol. The summed E-state index contributed by atoms with van der Waals surface area (Å²) in [5, 5.41) is 2.58. The molecular formula is C18H25NO6. The highest BCUT2D eigenvalue weighted by molar-refractivity contribution is 5.85. The van der Waals surface area contributed by atoms with Gasteiger partial charge < -0.3 is 19.5 Å². The molecule has 7 nitrogen and oxygen atoms in total. The van der Waals surface area contributed by atoms with Gasteiger partial charge in [-0.3, -0.25) is 4.79 Å². The fourth-order valence-electron chi connectivity index (χ4n) is 1.90. The summed E-state index contributed by atoms with van der Waals surface area (Å²) in [7, 11) is 1.29. The summed E-state index contributed by atoms with van der Waals surface area (Å²) >= 11 is 0. The van der Waals surface area contributed by atoms with Crippen LogP contribution >= 0.6 is 0 Å². The van der Waals surface area contributed by atoms with Crippen molar-refractivity contribution in [1.82, 2.24) is 5.32 Å². The Morgan fingerprint density at radius 1 is 1.12 bits per heavy atom. The molecule has 1 aromatic rings. The number of rotatable bonds is 7. The number of esters is 1. The number of ether oxygens (including phenoxy) is 3. The van der Waals surface area contributed by atoms with Crippen LogP contribution in [0.15, 0.2) is 24.3 Å². The van der Waals surface area contributed by atoms with Crippen molar-refractivity contribution in [2.24, 2.45) is 0 Å². The molecule has 0 saturated carbocycles. The van der Waals surface area contributed by atoms with Crippen LogP contribution < -0.4 is 10.1 Å². The maximum atomic E-state index is 11.8. The molecule has 0 heterocycles. The molecule has 25 heavy (non-hydrogen) atoms. The van der Waals surface area contributed by atoms with Gasteiger partial charge in [0.05, 0.1) is 13.2 Å². The van der Waals surface area contributed by atoms with Crippen LogP contribution in [0.1, 0.15) is 33.3 Å². The topological polar surface area (TPSA) is 90.9 Å². The number of hydrogen-bond acceptors (Lipinski definition) is 6. The molecule has 1 N–H and O–H groups in total. The molecule has 1 rings (SSSR count). The van der Waals surface area contributed by atoms with Gasteiger partial charge in [-0.05, 0) is 51.8 Å². The second-order valence-corrected chi connectivity index (χ2v) is 6.52. The Bertz CT molecular complexity index is 603. The summed E-state index contributed by atoms with van der Waals surface area (Å²) in [6.07, 6.45) is -0.308. The fourth-order valence-corrected chi connectivity index (χ4v) is 1.90. The van der Waals surface area contributed by atoms with E-state index in [1.807, 2.05) is 0 Å². The monoisotopic (exact) mass is 351 g/mol. The minimum Gasteiger partial charge on any atom is -0.482 e. The molecule has 0 unspecified atom stereocenters. The van der Waals surface area contributed by atoms with Gasteiger partial charge in [0.1, 0.15) is 11.4 Å². The Balaban J connectivity index is 2.65. The normalized spacial score (nSPS) is 12.0. The number of amides is 1. The van der Waals surface area contributed by atoms with E-state index in [9.17, 15) is 14.4 Å². The number of methoxy groups -OCH3 is 1. The van der Waals surface area contributed by atoms with Crippen LogP contribution in [0.3, 0.4) is 0 Å². The predicted octanol–water partition coefficient (Wildman–Crippen LogP) is 2.26. The first kappa shape index (κ1) is 20.5. The molecule has 0 aromatic heterocycles. The van der Waals surface area contributed by atoms with E-state index in [-0.39, 0.29) is 12.4 Å². The smallest absolute Gasteiger partial charge is 0.408 e. The van der Waals surface area contributed by atoms with Crippen LogP contribution in [-0.4, -0.2) is 43.2 Å². The number of alkyl carbamates (subject to hydrolysis) is 1.